The average molecular weight is 309 g/mol. The number of hydrogen-bond donors (Lipinski definition) is 0. The van der Waals surface area contributed by atoms with Crippen LogP contribution in [0.4, 0.5) is 0 Å². The summed E-state index contributed by atoms with van der Waals surface area (Å²) in [4.78, 5) is 0. The number of hydrogen-bond acceptors (Lipinski definition) is 3. The molecule has 0 radical (unpaired) electrons. The fourth-order valence-corrected chi connectivity index (χ4v) is 6.13. The van der Waals surface area contributed by atoms with Gasteiger partial charge in [0.25, 0.3) is 0 Å². The van der Waals surface area contributed by atoms with Crippen molar-refractivity contribution in [1.82, 2.24) is 0 Å². The van der Waals surface area contributed by atoms with Crippen LogP contribution in [-0.4, -0.2) is 28.9 Å². The van der Waals surface area contributed by atoms with Gasteiger partial charge >= 0.3 is 0 Å². The van der Waals surface area contributed by atoms with Gasteiger partial charge in [-0.25, -0.2) is 4.21 Å². The molecule has 0 amide bonds. The van der Waals surface area contributed by atoms with Gasteiger partial charge in [0.1, 0.15) is 16.7 Å². The van der Waals surface area contributed by atoms with Gasteiger partial charge in [-0.1, -0.05) is 20.8 Å². The molecule has 2 saturated carbocycles. The molecule has 3 rings (SSSR count). The van der Waals surface area contributed by atoms with Gasteiger partial charge < -0.3 is 9.15 Å². The highest BCUT2D eigenvalue weighted by molar-refractivity contribution is 7.84. The van der Waals surface area contributed by atoms with Crippen LogP contribution in [0.3, 0.4) is 0 Å². The van der Waals surface area contributed by atoms with Crippen LogP contribution in [0.25, 0.3) is 0 Å². The number of fused-ring (bicyclic) bond motifs is 2. The molecule has 5 atom stereocenters. The van der Waals surface area contributed by atoms with Crippen molar-refractivity contribution >= 4 is 17.2 Å². The zero-order chi connectivity index (χ0) is 15.3. The SMILES string of the molecule is CO[C@@H]1[C@H](S(=O)/N=C/c2ccco2)[C@H]2CC[C@]1(C)C2(C)C. The second-order valence-corrected chi connectivity index (χ2v) is 8.24. The zero-order valence-corrected chi connectivity index (χ0v) is 13.9. The maximum absolute atomic E-state index is 12.7. The van der Waals surface area contributed by atoms with E-state index in [9.17, 15) is 4.21 Å². The molecule has 1 aromatic rings. The molecule has 5 heteroatoms. The first-order valence-electron chi connectivity index (χ1n) is 7.43. The third-order valence-electron chi connectivity index (χ3n) is 6.01. The van der Waals surface area contributed by atoms with Gasteiger partial charge in [0, 0.05) is 12.5 Å². The smallest absolute Gasteiger partial charge is 0.145 e. The Morgan fingerprint density at radius 1 is 1.48 bits per heavy atom. The monoisotopic (exact) mass is 309 g/mol. The van der Waals surface area contributed by atoms with Crippen molar-refractivity contribution in [3.05, 3.63) is 24.2 Å². The molecule has 0 saturated heterocycles. The first-order chi connectivity index (χ1) is 9.91. The summed E-state index contributed by atoms with van der Waals surface area (Å²) in [6, 6.07) is 3.60. The van der Waals surface area contributed by atoms with Gasteiger partial charge in [-0.2, -0.15) is 4.40 Å². The number of methoxy groups -OCH3 is 1. The summed E-state index contributed by atoms with van der Waals surface area (Å²) in [5.74, 6) is 1.02. The summed E-state index contributed by atoms with van der Waals surface area (Å²) < 4.78 is 27.9. The molecular formula is C16H23NO3S. The standard InChI is InChI=1S/C16H23NO3S/c1-15(2)12-7-8-16(15,3)14(19-4)13(12)21(18)17-10-11-6-5-9-20-11/h5-6,9-10,12-14H,7-8H2,1-4H3/b17-10+/t12-,13-,14-,16+,21?/m1/s1. The summed E-state index contributed by atoms with van der Waals surface area (Å²) in [5.41, 5.74) is 0.209. The molecule has 21 heavy (non-hydrogen) atoms. The van der Waals surface area contributed by atoms with E-state index in [1.54, 1.807) is 31.7 Å². The Morgan fingerprint density at radius 3 is 2.86 bits per heavy atom. The molecule has 2 aliphatic rings. The molecule has 0 aromatic carbocycles. The van der Waals surface area contributed by atoms with Crippen molar-refractivity contribution in [2.45, 2.75) is 45.0 Å². The van der Waals surface area contributed by atoms with Gasteiger partial charge in [0.2, 0.25) is 0 Å². The van der Waals surface area contributed by atoms with Crippen molar-refractivity contribution in [2.75, 3.05) is 7.11 Å². The van der Waals surface area contributed by atoms with Crippen LogP contribution in [0.1, 0.15) is 39.4 Å². The van der Waals surface area contributed by atoms with Gasteiger partial charge in [-0.05, 0) is 36.3 Å². The summed E-state index contributed by atoms with van der Waals surface area (Å²) in [6.45, 7) is 6.84. The lowest BCUT2D eigenvalue weighted by atomic mass is 9.70. The highest BCUT2D eigenvalue weighted by Gasteiger charge is 2.68. The van der Waals surface area contributed by atoms with E-state index in [-0.39, 0.29) is 22.2 Å². The Hall–Kier alpha value is -0.940. The normalized spacial score (nSPS) is 39.1. The summed E-state index contributed by atoms with van der Waals surface area (Å²) in [7, 11) is 0.432. The largest absolute Gasteiger partial charge is 0.463 e. The third kappa shape index (κ3) is 2.05. The number of rotatable bonds is 4. The zero-order valence-electron chi connectivity index (χ0n) is 13.0. The Labute approximate surface area is 128 Å². The highest BCUT2D eigenvalue weighted by Crippen LogP contribution is 2.67. The Balaban J connectivity index is 1.86. The van der Waals surface area contributed by atoms with E-state index < -0.39 is 11.0 Å². The van der Waals surface area contributed by atoms with Crippen LogP contribution in [0.5, 0.6) is 0 Å². The number of nitrogens with zero attached hydrogens (tertiary/aromatic N) is 1. The van der Waals surface area contributed by atoms with Crippen LogP contribution in [0.2, 0.25) is 0 Å². The minimum absolute atomic E-state index is 0.000773. The van der Waals surface area contributed by atoms with Gasteiger partial charge in [-0.15, -0.1) is 0 Å². The maximum Gasteiger partial charge on any atom is 0.145 e. The van der Waals surface area contributed by atoms with E-state index in [1.165, 1.54) is 0 Å². The number of ether oxygens (including phenoxy) is 1. The van der Waals surface area contributed by atoms with Crippen molar-refractivity contribution in [2.24, 2.45) is 21.1 Å². The molecule has 1 heterocycles. The van der Waals surface area contributed by atoms with E-state index in [0.717, 1.165) is 12.8 Å². The molecule has 2 bridgehead atoms. The van der Waals surface area contributed by atoms with Gasteiger partial charge in [0.15, 0.2) is 0 Å². The van der Waals surface area contributed by atoms with Gasteiger partial charge in [-0.3, -0.25) is 0 Å². The Kier molecular flexibility index (Phi) is 3.61. The summed E-state index contributed by atoms with van der Waals surface area (Å²) in [5, 5.41) is -0.0324. The van der Waals surface area contributed by atoms with E-state index in [4.69, 9.17) is 9.15 Å². The first-order valence-corrected chi connectivity index (χ1v) is 8.60. The maximum atomic E-state index is 12.7. The summed E-state index contributed by atoms with van der Waals surface area (Å²) >= 11 is 0. The fraction of sp³-hybridized carbons (Fsp3) is 0.688. The van der Waals surface area contributed by atoms with Crippen molar-refractivity contribution in [3.63, 3.8) is 0 Å². The van der Waals surface area contributed by atoms with Crippen molar-refractivity contribution in [3.8, 4) is 0 Å². The molecular weight excluding hydrogens is 286 g/mol. The Morgan fingerprint density at radius 2 is 2.24 bits per heavy atom. The average Bonchev–Trinajstić information content (AvgIpc) is 3.07. The number of furan rings is 1. The molecule has 2 fully saturated rings. The molecule has 116 valence electrons. The minimum atomic E-state index is -1.30. The molecule has 0 N–H and O–H groups in total. The van der Waals surface area contributed by atoms with Crippen LogP contribution >= 0.6 is 0 Å². The van der Waals surface area contributed by atoms with Crippen LogP contribution in [0.15, 0.2) is 27.2 Å². The molecule has 1 unspecified atom stereocenters. The topological polar surface area (TPSA) is 51.8 Å². The van der Waals surface area contributed by atoms with E-state index >= 15 is 0 Å². The lowest BCUT2D eigenvalue weighted by Gasteiger charge is -2.38. The predicted octanol–water partition coefficient (Wildman–Crippen LogP) is 3.20. The fourth-order valence-electron chi connectivity index (χ4n) is 4.40. The second kappa shape index (κ2) is 5.06. The minimum Gasteiger partial charge on any atom is -0.463 e. The molecule has 0 aliphatic heterocycles. The van der Waals surface area contributed by atoms with E-state index in [2.05, 4.69) is 25.2 Å². The van der Waals surface area contributed by atoms with Crippen molar-refractivity contribution < 1.29 is 13.4 Å². The highest BCUT2D eigenvalue weighted by atomic mass is 32.2. The lowest BCUT2D eigenvalue weighted by molar-refractivity contribution is -0.0181. The van der Waals surface area contributed by atoms with Crippen molar-refractivity contribution in [1.29, 1.82) is 0 Å². The third-order valence-corrected chi connectivity index (χ3v) is 7.36. The van der Waals surface area contributed by atoms with E-state index in [1.807, 2.05) is 0 Å². The predicted molar refractivity (Wildman–Crippen MR) is 83.6 cm³/mol. The molecule has 4 nitrogen and oxygen atoms in total. The van der Waals surface area contributed by atoms with Crippen LogP contribution in [0, 0.1) is 16.7 Å². The second-order valence-electron chi connectivity index (χ2n) is 6.93. The lowest BCUT2D eigenvalue weighted by Crippen LogP contribution is -2.42. The van der Waals surface area contributed by atoms with Gasteiger partial charge in [0.05, 0.1) is 23.8 Å². The molecule has 1 aromatic heterocycles. The summed E-state index contributed by atoms with van der Waals surface area (Å²) in [6.07, 6.45) is 5.39. The van der Waals surface area contributed by atoms with Crippen LogP contribution < -0.4 is 0 Å². The molecule has 0 spiro atoms. The first kappa shape index (κ1) is 15.0. The molecule has 2 aliphatic carbocycles. The Bertz CT molecular complexity index is 566. The quantitative estimate of drug-likeness (QED) is 0.803. The van der Waals surface area contributed by atoms with E-state index in [0.29, 0.717) is 11.7 Å². The van der Waals surface area contributed by atoms with Crippen LogP contribution in [-0.2, 0) is 15.7 Å².